The van der Waals surface area contributed by atoms with E-state index in [0.29, 0.717) is 214 Å². The average molecular weight is 2010 g/mol. The van der Waals surface area contributed by atoms with E-state index in [9.17, 15) is 21.0 Å². The lowest BCUT2D eigenvalue weighted by Crippen LogP contribution is -2.44. The molecule has 0 atom stereocenters. The van der Waals surface area contributed by atoms with E-state index in [2.05, 4.69) is 194 Å². The van der Waals surface area contributed by atoms with Crippen molar-refractivity contribution in [2.75, 3.05) is 237 Å². The molecular weight excluding hydrogens is 1890 g/mol. The number of nitriles is 4. The number of methoxy groups -OCH3 is 4. The van der Waals surface area contributed by atoms with Crippen LogP contribution in [0.1, 0.15) is 98.1 Å². The molecule has 20 rings (SSSR count). The standard InChI is InChI=1S/C27H31N7O3.3C26H30N8O3/c1-34-9-5-18(6-10-34)21-3-4-25(33-27(21)35-2)32-26-14-23(30-17-31-26)22-13-19(15-28)24(16-29-22)37-20-7-11-36-12-8-20;1-33-9-11-34(12-10-33)22-4-6-24(32-26(22)35-2)31-25-15-20(28-17-29-25)19-3-5-23(21(16-27)30-19)37-18-7-13-36-14-8-18;1-33-7-9-34(10-8-33)22-3-4-23(32-26(22)35-2)31-24-14-21(29-17-30-24)19-13-18(15-27)25(28-16-19)37-20-5-11-36-12-6-20;1-33-7-9-34(10-8-33)22-3-4-24(32-26(22)35-2)31-25-14-21(29-17-30-25)20-13-18(15-27)23(16-28-20)37-19-5-11-36-12-6-19/h3-4,13-14,16-18,20H,5-12H2,1-2H3,(H,30,31,32,33);3-6,15,17-18H,7-14H2,1-2H3,(H,28,29,31,32);3-4,13-14,16-17,20H,5-12H2,1-2H3,(H,29,30,31,32);3-4,13-14,16-17,19H,5-12H2,1-2H3,(H,29,30,31,32). The molecule has 0 amide bonds. The highest BCUT2D eigenvalue weighted by Crippen LogP contribution is 2.40. The predicted molar refractivity (Wildman–Crippen MR) is 553 cm³/mol. The monoisotopic (exact) mass is 2010 g/mol. The summed E-state index contributed by atoms with van der Waals surface area (Å²) in [6.45, 7) is 18.9. The van der Waals surface area contributed by atoms with Crippen LogP contribution >= 0.6 is 0 Å². The van der Waals surface area contributed by atoms with Gasteiger partial charge in [0, 0.05) is 171 Å². The van der Waals surface area contributed by atoms with E-state index in [4.69, 9.17) is 56.8 Å². The number of likely N-dealkylation sites (N-methyl/N-ethyl adjacent to an activating group) is 3. The van der Waals surface area contributed by atoms with Crippen molar-refractivity contribution in [3.05, 3.63) is 175 Å². The molecule has 0 radical (unpaired) electrons. The summed E-state index contributed by atoms with van der Waals surface area (Å²) >= 11 is 0. The van der Waals surface area contributed by atoms with E-state index in [1.807, 2.05) is 42.5 Å². The zero-order valence-electron chi connectivity index (χ0n) is 84.3. The van der Waals surface area contributed by atoms with Gasteiger partial charge in [0.15, 0.2) is 22.9 Å². The number of hydrogen-bond acceptors (Lipinski definition) is 43. The van der Waals surface area contributed by atoms with E-state index in [1.165, 1.54) is 25.3 Å². The summed E-state index contributed by atoms with van der Waals surface area (Å²) in [5.41, 5.74) is 10.2. The maximum atomic E-state index is 9.70. The Labute approximate surface area is 859 Å². The number of hydrogen-bond donors (Lipinski definition) is 4. The molecule has 8 aliphatic rings. The summed E-state index contributed by atoms with van der Waals surface area (Å²) in [6.07, 6.45) is 19.3. The summed E-state index contributed by atoms with van der Waals surface area (Å²) < 4.78 is 67.9. The van der Waals surface area contributed by atoms with Crippen LogP contribution in [0.4, 0.5) is 63.6 Å². The Bertz CT molecular complexity index is 5850. The fraction of sp³-hybridized carbons (Fsp3) is 0.429. The molecule has 4 N–H and O–H groups in total. The third-order valence-corrected chi connectivity index (χ3v) is 26.4. The van der Waals surface area contributed by atoms with Crippen LogP contribution in [-0.2, 0) is 18.9 Å². The lowest BCUT2D eigenvalue weighted by atomic mass is 9.90. The van der Waals surface area contributed by atoms with Gasteiger partial charge in [0.25, 0.3) is 0 Å². The Kier molecular flexibility index (Phi) is 35.9. The first kappa shape index (κ1) is 104. The van der Waals surface area contributed by atoms with Gasteiger partial charge in [-0.1, -0.05) is 0 Å². The minimum atomic E-state index is 0.00110. The smallest absolute Gasteiger partial charge is 0.239 e. The van der Waals surface area contributed by atoms with E-state index in [0.717, 1.165) is 178 Å². The predicted octanol–water partition coefficient (Wildman–Crippen LogP) is 12.5. The second-order valence-electron chi connectivity index (χ2n) is 36.5. The molecule has 0 aromatic carbocycles. The lowest BCUT2D eigenvalue weighted by molar-refractivity contribution is 0.0235. The van der Waals surface area contributed by atoms with Crippen molar-refractivity contribution >= 4 is 63.6 Å². The SMILES string of the molecule is COc1nc(Nc2cc(-c3cc(C#N)c(OC4CCOCC4)cn3)ncn2)ccc1C1CCN(C)CC1.COc1nc(Nc2cc(-c3cc(C#N)c(OC4CCOCC4)cn3)ncn2)ccc1N1CCN(C)CC1.COc1nc(Nc2cc(-c3ccc(OC4CCOCC4)c(C#N)n3)ncn2)ccc1N1CCN(C)CC1.COc1nc(Nc2cc(-c3cnc(OC4CCOCC4)c(C#N)c3)ncn2)ccc1N1CCN(C)CC1. The molecule has 0 aliphatic carbocycles. The van der Waals surface area contributed by atoms with Crippen LogP contribution in [0.5, 0.6) is 46.6 Å². The summed E-state index contributed by atoms with van der Waals surface area (Å²) in [5, 5.41) is 51.6. The molecule has 8 saturated heterocycles. The molecule has 0 spiro atoms. The number of aromatic nitrogens is 16. The molecule has 0 unspecified atom stereocenters. The van der Waals surface area contributed by atoms with Gasteiger partial charge in [-0.2, -0.15) is 41.0 Å². The number of likely N-dealkylation sites (tertiary alicyclic amines) is 1. The molecule has 768 valence electrons. The quantitative estimate of drug-likeness (QED) is 0.0354. The maximum absolute atomic E-state index is 9.70. The zero-order chi connectivity index (χ0) is 102. The number of piperazine rings is 3. The second kappa shape index (κ2) is 51.3. The third kappa shape index (κ3) is 27.7. The van der Waals surface area contributed by atoms with E-state index >= 15 is 0 Å². The number of piperidine rings is 1. The van der Waals surface area contributed by atoms with Crippen LogP contribution in [0.15, 0.2) is 147 Å². The number of nitrogens with zero attached hydrogens (tertiary/aromatic N) is 27. The molecule has 8 aliphatic heterocycles. The van der Waals surface area contributed by atoms with Crippen molar-refractivity contribution < 1.29 is 56.8 Å². The van der Waals surface area contributed by atoms with E-state index in [1.54, 1.807) is 102 Å². The molecule has 148 heavy (non-hydrogen) atoms. The minimum Gasteiger partial charge on any atom is -0.487 e. The van der Waals surface area contributed by atoms with Crippen LogP contribution in [0, 0.1) is 45.3 Å². The first-order valence-corrected chi connectivity index (χ1v) is 49.7. The molecule has 43 heteroatoms. The molecule has 0 saturated carbocycles. The van der Waals surface area contributed by atoms with Gasteiger partial charge in [0.05, 0.1) is 145 Å². The summed E-state index contributed by atoms with van der Waals surface area (Å²) in [6, 6.07) is 40.4. The van der Waals surface area contributed by atoms with Gasteiger partial charge in [-0.3, -0.25) is 9.97 Å². The number of anilines is 11. The Morgan fingerprint density at radius 3 is 1.00 bits per heavy atom. The van der Waals surface area contributed by atoms with E-state index in [-0.39, 0.29) is 30.1 Å². The van der Waals surface area contributed by atoms with Crippen LogP contribution in [0.25, 0.3) is 45.4 Å². The summed E-state index contributed by atoms with van der Waals surface area (Å²) in [5.74, 6) is 9.19. The highest BCUT2D eigenvalue weighted by molar-refractivity contribution is 5.72. The first-order chi connectivity index (χ1) is 72.5. The highest BCUT2D eigenvalue weighted by atomic mass is 16.5. The van der Waals surface area contributed by atoms with Crippen LogP contribution in [0.2, 0.25) is 0 Å². The minimum absolute atomic E-state index is 0.00110. The van der Waals surface area contributed by atoms with Crippen molar-refractivity contribution in [3.63, 3.8) is 0 Å². The molecule has 20 heterocycles. The van der Waals surface area contributed by atoms with Gasteiger partial charge in [-0.05, 0) is 139 Å². The van der Waals surface area contributed by atoms with Crippen LogP contribution < -0.4 is 73.9 Å². The van der Waals surface area contributed by atoms with Crippen LogP contribution in [-0.4, -0.2) is 325 Å². The Morgan fingerprint density at radius 1 is 0.284 bits per heavy atom. The normalized spacial score (nSPS) is 16.9. The highest BCUT2D eigenvalue weighted by Gasteiger charge is 2.30. The Morgan fingerprint density at radius 2 is 0.622 bits per heavy atom. The molecule has 8 fully saturated rings. The average Bonchev–Trinajstić information content (AvgIpc) is 0.817. The van der Waals surface area contributed by atoms with Crippen molar-refractivity contribution in [2.45, 2.75) is 94.5 Å². The number of ether oxygens (including phenoxy) is 12. The van der Waals surface area contributed by atoms with Gasteiger partial charge >= 0.3 is 0 Å². The van der Waals surface area contributed by atoms with Crippen molar-refractivity contribution in [2.24, 2.45) is 0 Å². The summed E-state index contributed by atoms with van der Waals surface area (Å²) in [4.78, 5) is 87.4. The summed E-state index contributed by atoms with van der Waals surface area (Å²) in [7, 11) is 15.1. The van der Waals surface area contributed by atoms with Crippen molar-refractivity contribution in [1.29, 1.82) is 21.0 Å². The second-order valence-corrected chi connectivity index (χ2v) is 36.5. The fourth-order valence-electron chi connectivity index (χ4n) is 17.9. The number of pyridine rings is 8. The zero-order valence-corrected chi connectivity index (χ0v) is 84.3. The van der Waals surface area contributed by atoms with E-state index < -0.39 is 0 Å². The van der Waals surface area contributed by atoms with Gasteiger partial charge in [-0.25, -0.2) is 49.8 Å². The molecule has 0 bridgehead atoms. The van der Waals surface area contributed by atoms with Gasteiger partial charge < -0.3 is 112 Å². The third-order valence-electron chi connectivity index (χ3n) is 26.4. The van der Waals surface area contributed by atoms with Gasteiger partial charge in [0.2, 0.25) is 29.4 Å². The fourth-order valence-corrected chi connectivity index (χ4v) is 17.9. The largest absolute Gasteiger partial charge is 0.487 e. The van der Waals surface area contributed by atoms with Crippen LogP contribution in [0.3, 0.4) is 0 Å². The number of rotatable bonds is 28. The first-order valence-electron chi connectivity index (χ1n) is 49.7. The number of nitrogens with one attached hydrogen (secondary N) is 4. The Balaban J connectivity index is 0.000000135. The topological polar surface area (TPSA) is 483 Å². The van der Waals surface area contributed by atoms with Gasteiger partial charge in [0.1, 0.15) is 143 Å². The molecule has 12 aromatic rings. The lowest BCUT2D eigenvalue weighted by Gasteiger charge is -2.34. The molecular formula is C105H121N31O12. The molecule has 43 nitrogen and oxygen atoms in total. The van der Waals surface area contributed by atoms with Gasteiger partial charge in [-0.15, -0.1) is 0 Å². The van der Waals surface area contributed by atoms with Crippen molar-refractivity contribution in [3.8, 4) is 116 Å². The van der Waals surface area contributed by atoms with Crippen molar-refractivity contribution in [1.82, 2.24) is 99.3 Å². The molecule has 12 aromatic heterocycles. The Hall–Kier alpha value is -15.8. The maximum Gasteiger partial charge on any atom is 0.239 e.